The van der Waals surface area contributed by atoms with Crippen LogP contribution in [-0.4, -0.2) is 0 Å². The maximum Gasteiger partial charge on any atom is -0.0184 e. The Labute approximate surface area is 333 Å². The number of benzene rings is 5. The van der Waals surface area contributed by atoms with Crippen LogP contribution in [0.3, 0.4) is 0 Å². The summed E-state index contributed by atoms with van der Waals surface area (Å²) in [7, 11) is 0. The first-order valence-corrected chi connectivity index (χ1v) is 21.4. The minimum absolute atomic E-state index is 1.31. The Hall–Kier alpha value is -3.64. The zero-order chi connectivity index (χ0) is 43.5. The van der Waals surface area contributed by atoms with Crippen molar-refractivity contribution in [1.29, 1.82) is 0 Å². The molecule has 0 nitrogen and oxygen atoms in total. The van der Waals surface area contributed by atoms with Crippen LogP contribution in [0.4, 0.5) is 0 Å². The summed E-state index contributed by atoms with van der Waals surface area (Å²) in [5, 5.41) is 2.62. The molecule has 0 fully saturated rings. The van der Waals surface area contributed by atoms with Gasteiger partial charge in [-0.2, -0.15) is 0 Å². The van der Waals surface area contributed by atoms with Gasteiger partial charge in [-0.25, -0.2) is 0 Å². The van der Waals surface area contributed by atoms with E-state index in [0.717, 1.165) is 0 Å². The first-order chi connectivity index (χ1) is 26.0. The third-order valence-electron chi connectivity index (χ3n) is 3.66. The molecule has 0 aliphatic heterocycles. The molecule has 306 valence electrons. The zero-order valence-corrected chi connectivity index (χ0v) is 40.0. The van der Waals surface area contributed by atoms with E-state index in [-0.39, 0.29) is 0 Å². The lowest BCUT2D eigenvalue weighted by Crippen LogP contribution is -1.67. The van der Waals surface area contributed by atoms with Crippen molar-refractivity contribution >= 4 is 10.8 Å². The minimum Gasteiger partial charge on any atom is -0.0683 e. The molecule has 5 aromatic carbocycles. The van der Waals surface area contributed by atoms with Gasteiger partial charge in [0, 0.05) is 0 Å². The quantitative estimate of drug-likeness (QED) is 0.149. The molecular formula is C52H98. The van der Waals surface area contributed by atoms with Gasteiger partial charge in [0.15, 0.2) is 0 Å². The summed E-state index contributed by atoms with van der Waals surface area (Å²) >= 11 is 0. The maximum atomic E-state index is 2.12. The molecule has 0 aliphatic carbocycles. The Morgan fingerprint density at radius 3 is 0.288 bits per heavy atom. The van der Waals surface area contributed by atoms with E-state index in [1.54, 1.807) is 0 Å². The van der Waals surface area contributed by atoms with E-state index in [0.29, 0.717) is 0 Å². The van der Waals surface area contributed by atoms with E-state index in [2.05, 4.69) is 48.5 Å². The topological polar surface area (TPSA) is 0 Å². The van der Waals surface area contributed by atoms with Crippen molar-refractivity contribution in [3.63, 3.8) is 0 Å². The summed E-state index contributed by atoms with van der Waals surface area (Å²) in [5.74, 6) is 0. The Kier molecular flexibility index (Phi) is 189. The Morgan fingerprint density at radius 2 is 0.212 bits per heavy atom. The third-order valence-corrected chi connectivity index (χ3v) is 3.66. The summed E-state index contributed by atoms with van der Waals surface area (Å²) in [6, 6.07) is 52.7. The van der Waals surface area contributed by atoms with E-state index in [1.165, 1.54) is 10.8 Å². The van der Waals surface area contributed by atoms with Gasteiger partial charge in [0.25, 0.3) is 0 Å². The predicted molar refractivity (Wildman–Crippen MR) is 259 cm³/mol. The molecule has 5 aromatic rings. The lowest BCUT2D eigenvalue weighted by atomic mass is 10.1. The van der Waals surface area contributed by atoms with E-state index < -0.39 is 0 Å². The molecule has 0 unspecified atom stereocenters. The van der Waals surface area contributed by atoms with E-state index in [9.17, 15) is 0 Å². The van der Waals surface area contributed by atoms with Crippen molar-refractivity contribution in [3.05, 3.63) is 158 Å². The molecule has 0 aliphatic rings. The van der Waals surface area contributed by atoms with Gasteiger partial charge in [0.1, 0.15) is 0 Å². The second-order valence-corrected chi connectivity index (χ2v) is 5.81. The van der Waals surface area contributed by atoms with Crippen LogP contribution in [0, 0.1) is 0 Å². The Bertz CT molecular complexity index is 725. The standard InChI is InChI=1S/C10H8.3C6H6.12C2H6/c1-2-6-10-8-4-3-7-9(10)5-1;3*1-2-4-6-5-3-1;12*1-2/h1-8H;3*1-6H;12*1-2H3. The summed E-state index contributed by atoms with van der Waals surface area (Å²) < 4.78 is 0. The molecule has 0 saturated carbocycles. The van der Waals surface area contributed by atoms with Crippen LogP contribution in [0.1, 0.15) is 166 Å². The lowest BCUT2D eigenvalue weighted by Gasteiger charge is -1.92. The molecule has 0 atom stereocenters. The third kappa shape index (κ3) is 91.1. The largest absolute Gasteiger partial charge is 0.0683 e. The SMILES string of the molecule is CC.CC.CC.CC.CC.CC.CC.CC.CC.CC.CC.CC.c1ccc2ccccc2c1.c1ccccc1.c1ccccc1.c1ccccc1. The normalized spacial score (nSPS) is 6.08. The minimum atomic E-state index is 1.31. The highest BCUT2D eigenvalue weighted by Crippen LogP contribution is 2.11. The van der Waals surface area contributed by atoms with Crippen LogP contribution in [0.15, 0.2) is 158 Å². The number of hydrogen-bond acceptors (Lipinski definition) is 0. The van der Waals surface area contributed by atoms with Gasteiger partial charge in [0.05, 0.1) is 0 Å². The van der Waals surface area contributed by atoms with Gasteiger partial charge in [-0.15, -0.1) is 0 Å². The van der Waals surface area contributed by atoms with Gasteiger partial charge >= 0.3 is 0 Å². The summed E-state index contributed by atoms with van der Waals surface area (Å²) in [4.78, 5) is 0. The van der Waals surface area contributed by atoms with Gasteiger partial charge in [-0.3, -0.25) is 0 Å². The molecule has 5 rings (SSSR count). The van der Waals surface area contributed by atoms with Crippen LogP contribution in [0.25, 0.3) is 10.8 Å². The highest BCUT2D eigenvalue weighted by Gasteiger charge is 1.85. The number of hydrogen-bond donors (Lipinski definition) is 0. The highest BCUT2D eigenvalue weighted by atomic mass is 13.9. The van der Waals surface area contributed by atoms with Gasteiger partial charge in [-0.05, 0) is 10.8 Å². The first kappa shape index (κ1) is 77.7. The van der Waals surface area contributed by atoms with Crippen LogP contribution in [0.5, 0.6) is 0 Å². The average Bonchev–Trinajstić information content (AvgIpc) is 3.34. The molecule has 0 aromatic heterocycles. The van der Waals surface area contributed by atoms with E-state index >= 15 is 0 Å². The fourth-order valence-corrected chi connectivity index (χ4v) is 2.29. The van der Waals surface area contributed by atoms with Gasteiger partial charge < -0.3 is 0 Å². The van der Waals surface area contributed by atoms with Crippen molar-refractivity contribution < 1.29 is 0 Å². The van der Waals surface area contributed by atoms with Crippen molar-refractivity contribution in [3.8, 4) is 0 Å². The molecule has 0 heteroatoms. The van der Waals surface area contributed by atoms with E-state index in [4.69, 9.17) is 0 Å². The van der Waals surface area contributed by atoms with Gasteiger partial charge in [-0.1, -0.05) is 324 Å². The first-order valence-electron chi connectivity index (χ1n) is 21.4. The Balaban J connectivity index is -0.0000000407. The monoisotopic (exact) mass is 723 g/mol. The molecule has 0 amide bonds. The number of rotatable bonds is 0. The van der Waals surface area contributed by atoms with Crippen LogP contribution >= 0.6 is 0 Å². The molecule has 52 heavy (non-hydrogen) atoms. The van der Waals surface area contributed by atoms with Crippen LogP contribution in [-0.2, 0) is 0 Å². The molecule has 0 bridgehead atoms. The predicted octanol–water partition coefficient (Wildman–Crippen LogP) is 20.2. The second-order valence-electron chi connectivity index (χ2n) is 5.81. The van der Waals surface area contributed by atoms with Crippen molar-refractivity contribution in [1.82, 2.24) is 0 Å². The van der Waals surface area contributed by atoms with Crippen LogP contribution in [0.2, 0.25) is 0 Å². The zero-order valence-electron chi connectivity index (χ0n) is 40.0. The summed E-state index contributed by atoms with van der Waals surface area (Å²) in [5.41, 5.74) is 0. The lowest BCUT2D eigenvalue weighted by molar-refractivity contribution is 1.50. The summed E-state index contributed by atoms with van der Waals surface area (Å²) in [6.07, 6.45) is 0. The number of fused-ring (bicyclic) bond motifs is 1. The van der Waals surface area contributed by atoms with E-state index in [1.807, 2.05) is 275 Å². The molecule has 0 radical (unpaired) electrons. The van der Waals surface area contributed by atoms with Gasteiger partial charge in [0.2, 0.25) is 0 Å². The average molecular weight is 723 g/mol. The summed E-state index contributed by atoms with van der Waals surface area (Å²) in [6.45, 7) is 48.0. The molecule has 0 spiro atoms. The van der Waals surface area contributed by atoms with Crippen molar-refractivity contribution in [2.75, 3.05) is 0 Å². The molecule has 0 saturated heterocycles. The highest BCUT2D eigenvalue weighted by molar-refractivity contribution is 5.82. The van der Waals surface area contributed by atoms with Crippen molar-refractivity contribution in [2.24, 2.45) is 0 Å². The second kappa shape index (κ2) is 127. The fraction of sp³-hybridized carbons (Fsp3) is 0.462. The molecule has 0 heterocycles. The molecule has 0 N–H and O–H groups in total. The molecular weight excluding hydrogens is 625 g/mol. The maximum absolute atomic E-state index is 2.12. The van der Waals surface area contributed by atoms with Crippen molar-refractivity contribution in [2.45, 2.75) is 166 Å². The Morgan fingerprint density at radius 1 is 0.135 bits per heavy atom. The fourth-order valence-electron chi connectivity index (χ4n) is 2.29. The van der Waals surface area contributed by atoms with Crippen LogP contribution < -0.4 is 0 Å². The smallest absolute Gasteiger partial charge is 0.0184 e.